The molecule has 0 aliphatic rings. The van der Waals surface area contributed by atoms with Gasteiger partial charge in [0.15, 0.2) is 0 Å². The molecule has 0 saturated carbocycles. The molecule has 4 heteroatoms. The smallest absolute Gasteiger partial charge is 0.237 e. The van der Waals surface area contributed by atoms with Gasteiger partial charge in [-0.25, -0.2) is 0 Å². The molecule has 0 aliphatic carbocycles. The number of aliphatic hydroxyl groups is 1. The van der Waals surface area contributed by atoms with Gasteiger partial charge in [-0.3, -0.25) is 4.79 Å². The third-order valence-corrected chi connectivity index (χ3v) is 5.75. The van der Waals surface area contributed by atoms with Crippen molar-refractivity contribution >= 4 is 5.91 Å². The first kappa shape index (κ1) is 22.7. The molecule has 3 aromatic carbocycles. The fourth-order valence-corrected chi connectivity index (χ4v) is 3.76. The Morgan fingerprint density at radius 3 is 1.68 bits per heavy atom. The summed E-state index contributed by atoms with van der Waals surface area (Å²) < 4.78 is 0. The van der Waals surface area contributed by atoms with Crippen molar-refractivity contribution in [2.24, 2.45) is 11.1 Å². The minimum Gasteiger partial charge on any atom is -0.378 e. The van der Waals surface area contributed by atoms with E-state index in [1.807, 2.05) is 112 Å². The monoisotopic (exact) mass is 416 g/mol. The molecule has 0 radical (unpaired) electrons. The van der Waals surface area contributed by atoms with Crippen LogP contribution in [0.4, 0.5) is 0 Å². The molecule has 4 nitrogen and oxygen atoms in total. The predicted molar refractivity (Wildman–Crippen MR) is 125 cm³/mol. The predicted octanol–water partition coefficient (Wildman–Crippen LogP) is 4.02. The number of rotatable bonds is 7. The van der Waals surface area contributed by atoms with Crippen LogP contribution in [0.5, 0.6) is 0 Å². The van der Waals surface area contributed by atoms with Gasteiger partial charge >= 0.3 is 0 Å². The van der Waals surface area contributed by atoms with Crippen molar-refractivity contribution in [3.8, 4) is 0 Å². The number of nitrogens with two attached hydrogens (primary N) is 1. The van der Waals surface area contributed by atoms with Crippen LogP contribution in [0.3, 0.4) is 0 Å². The molecule has 0 heterocycles. The second-order valence-corrected chi connectivity index (χ2v) is 9.09. The van der Waals surface area contributed by atoms with Crippen molar-refractivity contribution in [3.05, 3.63) is 108 Å². The van der Waals surface area contributed by atoms with Gasteiger partial charge in [0.2, 0.25) is 5.91 Å². The molecule has 31 heavy (non-hydrogen) atoms. The van der Waals surface area contributed by atoms with E-state index in [2.05, 4.69) is 5.32 Å². The molecular weight excluding hydrogens is 384 g/mol. The molecule has 3 rings (SSSR count). The van der Waals surface area contributed by atoms with Gasteiger partial charge in [-0.2, -0.15) is 0 Å². The third-order valence-electron chi connectivity index (χ3n) is 5.75. The highest BCUT2D eigenvalue weighted by Gasteiger charge is 2.42. The number of carbonyl (C=O) groups excluding carboxylic acids is 1. The van der Waals surface area contributed by atoms with Crippen LogP contribution in [0.15, 0.2) is 91.0 Å². The zero-order valence-corrected chi connectivity index (χ0v) is 18.5. The molecule has 0 aromatic heterocycles. The maximum atomic E-state index is 13.2. The number of carbonyl (C=O) groups is 1. The molecule has 0 saturated heterocycles. The summed E-state index contributed by atoms with van der Waals surface area (Å²) in [6.07, 6.45) is 0.448. The Bertz CT molecular complexity index is 927. The summed E-state index contributed by atoms with van der Waals surface area (Å²) in [5.74, 6) is -0.279. The topological polar surface area (TPSA) is 75.4 Å². The van der Waals surface area contributed by atoms with Crippen molar-refractivity contribution < 1.29 is 9.90 Å². The van der Waals surface area contributed by atoms with E-state index < -0.39 is 23.1 Å². The van der Waals surface area contributed by atoms with Crippen molar-refractivity contribution in [3.63, 3.8) is 0 Å². The zero-order valence-electron chi connectivity index (χ0n) is 18.5. The molecule has 162 valence electrons. The van der Waals surface area contributed by atoms with Crippen LogP contribution < -0.4 is 11.1 Å². The summed E-state index contributed by atoms with van der Waals surface area (Å²) in [6.45, 7) is 5.80. The first-order valence-corrected chi connectivity index (χ1v) is 10.7. The van der Waals surface area contributed by atoms with E-state index in [-0.39, 0.29) is 5.91 Å². The van der Waals surface area contributed by atoms with Crippen LogP contribution in [0.25, 0.3) is 0 Å². The van der Waals surface area contributed by atoms with Gasteiger partial charge in [0.25, 0.3) is 0 Å². The summed E-state index contributed by atoms with van der Waals surface area (Å²) in [5.41, 5.74) is 6.87. The average molecular weight is 417 g/mol. The Balaban J connectivity index is 2.10. The highest BCUT2D eigenvalue weighted by atomic mass is 16.3. The fourth-order valence-electron chi connectivity index (χ4n) is 3.76. The van der Waals surface area contributed by atoms with E-state index in [0.717, 1.165) is 5.56 Å². The molecule has 4 N–H and O–H groups in total. The second kappa shape index (κ2) is 9.46. The van der Waals surface area contributed by atoms with Crippen LogP contribution in [0.2, 0.25) is 0 Å². The number of hydrogen-bond donors (Lipinski definition) is 3. The molecule has 0 fully saturated rings. The van der Waals surface area contributed by atoms with Crippen LogP contribution >= 0.6 is 0 Å². The average Bonchev–Trinajstić information content (AvgIpc) is 2.78. The molecule has 0 spiro atoms. The highest BCUT2D eigenvalue weighted by molar-refractivity contribution is 5.83. The van der Waals surface area contributed by atoms with Gasteiger partial charge in [-0.05, 0) is 28.5 Å². The highest BCUT2D eigenvalue weighted by Crippen LogP contribution is 2.35. The maximum Gasteiger partial charge on any atom is 0.237 e. The Kier molecular flexibility index (Phi) is 6.94. The summed E-state index contributed by atoms with van der Waals surface area (Å²) >= 11 is 0. The first-order valence-electron chi connectivity index (χ1n) is 10.7. The number of hydrogen-bond acceptors (Lipinski definition) is 3. The van der Waals surface area contributed by atoms with E-state index in [9.17, 15) is 9.90 Å². The Labute approximate surface area is 185 Å². The number of nitrogens with one attached hydrogen (secondary N) is 1. The van der Waals surface area contributed by atoms with Gasteiger partial charge in [-0.15, -0.1) is 0 Å². The molecule has 1 amide bonds. The standard InChI is InChI=1S/C27H32N2O2/c1-26(2,3)24(28)25(30)29-23(19-20-13-7-4-8-14-20)27(31,21-15-9-5-10-16-21)22-17-11-6-12-18-22/h4-18,23-24,31H,19,28H2,1-3H3,(H,29,30)/t23-,24-/m1/s1. The lowest BCUT2D eigenvalue weighted by atomic mass is 9.77. The van der Waals surface area contributed by atoms with E-state index in [1.54, 1.807) is 0 Å². The number of benzene rings is 3. The first-order chi connectivity index (χ1) is 14.7. The second-order valence-electron chi connectivity index (χ2n) is 9.09. The summed E-state index contributed by atoms with van der Waals surface area (Å²) in [5, 5.41) is 15.3. The van der Waals surface area contributed by atoms with Crippen molar-refractivity contribution in [1.29, 1.82) is 0 Å². The minimum absolute atomic E-state index is 0.279. The van der Waals surface area contributed by atoms with E-state index in [1.165, 1.54) is 0 Å². The van der Waals surface area contributed by atoms with Crippen LogP contribution in [-0.4, -0.2) is 23.1 Å². The van der Waals surface area contributed by atoms with Gasteiger partial charge in [0, 0.05) is 0 Å². The lowest BCUT2D eigenvalue weighted by Gasteiger charge is -2.39. The SMILES string of the molecule is CC(C)(C)[C@H](N)C(=O)N[C@H](Cc1ccccc1)C(O)(c1ccccc1)c1ccccc1. The van der Waals surface area contributed by atoms with Crippen molar-refractivity contribution in [2.75, 3.05) is 0 Å². The fraction of sp³-hybridized carbons (Fsp3) is 0.296. The molecule has 0 bridgehead atoms. The van der Waals surface area contributed by atoms with E-state index in [4.69, 9.17) is 5.73 Å². The van der Waals surface area contributed by atoms with Crippen LogP contribution in [0.1, 0.15) is 37.5 Å². The van der Waals surface area contributed by atoms with Crippen molar-refractivity contribution in [1.82, 2.24) is 5.32 Å². The Hall–Kier alpha value is -2.95. The quantitative estimate of drug-likeness (QED) is 0.544. The van der Waals surface area contributed by atoms with E-state index >= 15 is 0 Å². The molecule has 3 aromatic rings. The van der Waals surface area contributed by atoms with Gasteiger partial charge < -0.3 is 16.2 Å². The van der Waals surface area contributed by atoms with Gasteiger partial charge in [-0.1, -0.05) is 112 Å². The maximum absolute atomic E-state index is 13.2. The molecule has 0 aliphatic heterocycles. The van der Waals surface area contributed by atoms with Gasteiger partial charge in [0.05, 0.1) is 12.1 Å². The van der Waals surface area contributed by atoms with Crippen LogP contribution in [0, 0.1) is 5.41 Å². The zero-order chi connectivity index (χ0) is 22.5. The molecule has 2 atom stereocenters. The van der Waals surface area contributed by atoms with E-state index in [0.29, 0.717) is 17.5 Å². The molecule has 0 unspecified atom stereocenters. The normalized spacial score (nSPS) is 14.0. The largest absolute Gasteiger partial charge is 0.378 e. The lowest BCUT2D eigenvalue weighted by Crippen LogP contribution is -2.58. The lowest BCUT2D eigenvalue weighted by molar-refractivity contribution is -0.127. The number of amides is 1. The Morgan fingerprint density at radius 2 is 1.26 bits per heavy atom. The summed E-state index contributed by atoms with van der Waals surface area (Å²) in [6, 6.07) is 27.5. The minimum atomic E-state index is -1.44. The van der Waals surface area contributed by atoms with Crippen LogP contribution in [-0.2, 0) is 16.8 Å². The summed E-state index contributed by atoms with van der Waals surface area (Å²) in [7, 11) is 0. The summed E-state index contributed by atoms with van der Waals surface area (Å²) in [4.78, 5) is 13.2. The third kappa shape index (κ3) is 5.22. The Morgan fingerprint density at radius 1 is 0.839 bits per heavy atom. The van der Waals surface area contributed by atoms with Crippen molar-refractivity contribution in [2.45, 2.75) is 44.9 Å². The van der Waals surface area contributed by atoms with Gasteiger partial charge in [0.1, 0.15) is 5.60 Å². The molecular formula is C27H32N2O2.